The average molecular weight is 567 g/mol. The van der Waals surface area contributed by atoms with E-state index in [1.54, 1.807) is 60.7 Å². The first-order valence-electron chi connectivity index (χ1n) is 11.7. The number of hydrogen-bond donors (Lipinski definition) is 1. The van der Waals surface area contributed by atoms with E-state index in [0.29, 0.717) is 19.8 Å². The molecule has 0 fully saturated rings. The lowest BCUT2D eigenvalue weighted by molar-refractivity contribution is -0.188. The Morgan fingerprint density at radius 2 is 1.38 bits per heavy atom. The molecule has 5 nitrogen and oxygen atoms in total. The zero-order valence-electron chi connectivity index (χ0n) is 20.4. The van der Waals surface area contributed by atoms with Gasteiger partial charge in [-0.3, -0.25) is 10.1 Å². The van der Waals surface area contributed by atoms with Crippen molar-refractivity contribution >= 4 is 48.9 Å². The van der Waals surface area contributed by atoms with Gasteiger partial charge in [-0.15, -0.1) is 0 Å². The Morgan fingerprint density at radius 3 is 1.95 bits per heavy atom. The second kappa shape index (κ2) is 10.5. The highest BCUT2D eigenvalue weighted by atomic mass is 32.3. The van der Waals surface area contributed by atoms with Gasteiger partial charge in [-0.2, -0.15) is 13.2 Å². The molecule has 0 saturated heterocycles. The number of anilines is 1. The number of hydrogen-bond acceptors (Lipinski definition) is 5. The number of alkyl halides is 3. The quantitative estimate of drug-likeness (QED) is 0.225. The van der Waals surface area contributed by atoms with Crippen LogP contribution in [-0.2, 0) is 8.98 Å². The molecule has 5 aromatic rings. The number of rotatable bonds is 6. The predicted molar refractivity (Wildman–Crippen MR) is 146 cm³/mol. The summed E-state index contributed by atoms with van der Waals surface area (Å²) in [6.07, 6.45) is -5.20. The summed E-state index contributed by atoms with van der Waals surface area (Å²) in [4.78, 5) is 30.8. The second-order valence-electron chi connectivity index (χ2n) is 8.52. The van der Waals surface area contributed by atoms with Crippen LogP contribution in [0.15, 0.2) is 118 Å². The fourth-order valence-electron chi connectivity index (χ4n) is 3.99. The van der Waals surface area contributed by atoms with Gasteiger partial charge in [0.2, 0.25) is 0 Å². The minimum atomic E-state index is -5.20. The van der Waals surface area contributed by atoms with E-state index < -0.39 is 28.4 Å². The molecule has 0 spiro atoms. The summed E-state index contributed by atoms with van der Waals surface area (Å²) in [5, 5.41) is 3.21. The molecule has 0 saturated carbocycles. The van der Waals surface area contributed by atoms with Crippen molar-refractivity contribution in [1.82, 2.24) is 4.98 Å². The number of carbonyl (C=O) groups excluding carboxylic acids is 2. The van der Waals surface area contributed by atoms with Crippen LogP contribution in [0.4, 0.5) is 18.3 Å². The molecule has 198 valence electrons. The molecule has 0 unspecified atom stereocenters. The molecule has 0 aliphatic heterocycles. The number of benzene rings is 4. The van der Waals surface area contributed by atoms with Crippen molar-refractivity contribution in [3.8, 4) is 0 Å². The number of halogens is 3. The third-order valence-corrected chi connectivity index (χ3v) is 9.94. The zero-order chi connectivity index (χ0) is 27.6. The summed E-state index contributed by atoms with van der Waals surface area (Å²) >= 11 is 1.34. The third-order valence-electron chi connectivity index (χ3n) is 5.80. The van der Waals surface area contributed by atoms with Crippen molar-refractivity contribution in [1.29, 1.82) is 0 Å². The van der Waals surface area contributed by atoms with Crippen LogP contribution in [0.5, 0.6) is 0 Å². The summed E-state index contributed by atoms with van der Waals surface area (Å²) in [5.74, 6) is -2.72. The second-order valence-corrected chi connectivity index (χ2v) is 12.2. The highest BCUT2D eigenvalue weighted by Crippen LogP contribution is 2.69. The molecule has 0 bridgehead atoms. The van der Waals surface area contributed by atoms with Gasteiger partial charge in [0.05, 0.1) is 10.2 Å². The summed E-state index contributed by atoms with van der Waals surface area (Å²) in [5.41, 5.74) is 2.11. The molecule has 1 aromatic heterocycles. The first-order valence-corrected chi connectivity index (χ1v) is 14.1. The SMILES string of the molecule is Cc1ccc2nc(NC(=O)c3ccc(S(OC(=O)C(F)(F)F)(c4ccccc4)c4ccccc4)cc3)sc2c1. The van der Waals surface area contributed by atoms with Crippen LogP contribution >= 0.6 is 21.6 Å². The molecule has 0 aliphatic rings. The van der Waals surface area contributed by atoms with E-state index >= 15 is 0 Å². The Balaban J connectivity index is 1.54. The lowest BCUT2D eigenvalue weighted by Crippen LogP contribution is -2.27. The van der Waals surface area contributed by atoms with Crippen LogP contribution in [0.1, 0.15) is 15.9 Å². The molecule has 0 radical (unpaired) electrons. The Kier molecular flexibility index (Phi) is 7.16. The van der Waals surface area contributed by atoms with Crippen LogP contribution in [0.2, 0.25) is 0 Å². The number of amides is 1. The fraction of sp³-hybridized carbons (Fsp3) is 0.0690. The van der Waals surface area contributed by atoms with Crippen LogP contribution in [0.25, 0.3) is 10.2 Å². The topological polar surface area (TPSA) is 68.3 Å². The predicted octanol–water partition coefficient (Wildman–Crippen LogP) is 8.16. The van der Waals surface area contributed by atoms with E-state index in [4.69, 9.17) is 4.18 Å². The third kappa shape index (κ3) is 5.39. The molecule has 0 atom stereocenters. The van der Waals surface area contributed by atoms with E-state index in [-0.39, 0.29) is 5.56 Å². The number of fused-ring (bicyclic) bond motifs is 1. The number of nitrogens with one attached hydrogen (secondary N) is 1. The van der Waals surface area contributed by atoms with Gasteiger partial charge < -0.3 is 4.18 Å². The Morgan fingerprint density at radius 1 is 0.821 bits per heavy atom. The fourth-order valence-corrected chi connectivity index (χ4v) is 7.98. The van der Waals surface area contributed by atoms with Crippen LogP contribution < -0.4 is 5.32 Å². The zero-order valence-corrected chi connectivity index (χ0v) is 22.1. The number of thiazole rings is 1. The molecule has 0 aliphatic carbocycles. The molecule has 4 aromatic carbocycles. The van der Waals surface area contributed by atoms with Gasteiger partial charge in [0, 0.05) is 20.2 Å². The number of nitrogens with zero attached hydrogens (tertiary/aromatic N) is 1. The van der Waals surface area contributed by atoms with Gasteiger partial charge in [-0.05, 0) is 83.5 Å². The van der Waals surface area contributed by atoms with Crippen LogP contribution in [0, 0.1) is 6.92 Å². The van der Waals surface area contributed by atoms with E-state index in [1.165, 1.54) is 35.6 Å². The molecule has 1 amide bonds. The van der Waals surface area contributed by atoms with E-state index in [1.807, 2.05) is 25.1 Å². The van der Waals surface area contributed by atoms with Gasteiger partial charge in [-0.25, -0.2) is 9.78 Å². The van der Waals surface area contributed by atoms with E-state index in [9.17, 15) is 22.8 Å². The average Bonchev–Trinajstić information content (AvgIpc) is 3.33. The van der Waals surface area contributed by atoms with Gasteiger partial charge in [0.1, 0.15) is 0 Å². The maximum atomic E-state index is 13.5. The Hall–Kier alpha value is -4.15. The van der Waals surface area contributed by atoms with Crippen LogP contribution in [0.3, 0.4) is 0 Å². The molecule has 5 rings (SSSR count). The molecule has 1 N–H and O–H groups in total. The van der Waals surface area contributed by atoms with Crippen molar-refractivity contribution in [2.45, 2.75) is 27.8 Å². The lowest BCUT2D eigenvalue weighted by Gasteiger charge is -2.39. The molecular weight excluding hydrogens is 545 g/mol. The van der Waals surface area contributed by atoms with Gasteiger partial charge in [-0.1, -0.05) is 53.8 Å². The Labute approximate surface area is 227 Å². The van der Waals surface area contributed by atoms with Gasteiger partial charge in [0.25, 0.3) is 5.91 Å². The van der Waals surface area contributed by atoms with Crippen molar-refractivity contribution in [3.05, 3.63) is 114 Å². The molecular formula is C29H21F3N2O3S2. The van der Waals surface area contributed by atoms with Gasteiger partial charge in [0.15, 0.2) is 5.13 Å². The monoisotopic (exact) mass is 566 g/mol. The summed E-state index contributed by atoms with van der Waals surface area (Å²) in [6, 6.07) is 28.5. The van der Waals surface area contributed by atoms with E-state index in [2.05, 4.69) is 10.3 Å². The minimum Gasteiger partial charge on any atom is -0.395 e. The van der Waals surface area contributed by atoms with E-state index in [0.717, 1.165) is 15.8 Å². The molecule has 10 heteroatoms. The summed E-state index contributed by atoms with van der Waals surface area (Å²) in [6.45, 7) is 1.97. The first kappa shape index (κ1) is 26.5. The van der Waals surface area contributed by atoms with Crippen molar-refractivity contribution < 1.29 is 26.9 Å². The maximum absolute atomic E-state index is 13.5. The van der Waals surface area contributed by atoms with Crippen molar-refractivity contribution in [2.75, 3.05) is 5.32 Å². The minimum absolute atomic E-state index is 0.269. The molecule has 39 heavy (non-hydrogen) atoms. The van der Waals surface area contributed by atoms with Crippen molar-refractivity contribution in [2.24, 2.45) is 0 Å². The van der Waals surface area contributed by atoms with Crippen molar-refractivity contribution in [3.63, 3.8) is 0 Å². The summed E-state index contributed by atoms with van der Waals surface area (Å²) in [7, 11) is -3.15. The Bertz CT molecular complexity index is 1600. The standard InChI is InChI=1S/C29H21F3N2O3S2/c1-19-12-17-24-25(18-19)38-28(33-24)34-26(35)20-13-15-23(16-14-20)39(21-8-4-2-5-9-21,22-10-6-3-7-11-22)37-27(36)29(30,31)32/h2-18H,1H3,(H,33,34,35). The highest BCUT2D eigenvalue weighted by Gasteiger charge is 2.47. The maximum Gasteiger partial charge on any atom is 0.491 e. The summed E-state index contributed by atoms with van der Waals surface area (Å²) < 4.78 is 46.8. The first-order chi connectivity index (χ1) is 18.7. The largest absolute Gasteiger partial charge is 0.491 e. The van der Waals surface area contributed by atoms with Gasteiger partial charge >= 0.3 is 12.1 Å². The van der Waals surface area contributed by atoms with Crippen LogP contribution in [-0.4, -0.2) is 23.0 Å². The molecule has 1 heterocycles. The number of aryl methyl sites for hydroxylation is 1. The normalized spacial score (nSPS) is 12.2. The smallest absolute Gasteiger partial charge is 0.395 e. The highest BCUT2D eigenvalue weighted by molar-refractivity contribution is 8.30. The lowest BCUT2D eigenvalue weighted by atomic mass is 10.2. The number of carbonyl (C=O) groups is 2. The number of aromatic nitrogens is 1.